The Morgan fingerprint density at radius 1 is 1.25 bits per heavy atom. The highest BCUT2D eigenvalue weighted by atomic mass is 16.5. The van der Waals surface area contributed by atoms with Gasteiger partial charge in [-0.15, -0.1) is 0 Å². The predicted octanol–water partition coefficient (Wildman–Crippen LogP) is 2.28. The SMILES string of the molecule is CC[C@H](O)c1ccccc1OCCCCO. The maximum Gasteiger partial charge on any atom is 0.125 e. The van der Waals surface area contributed by atoms with Gasteiger partial charge in [0.25, 0.3) is 0 Å². The Labute approximate surface area is 96.7 Å². The van der Waals surface area contributed by atoms with Crippen LogP contribution in [-0.2, 0) is 0 Å². The Bertz CT molecular complexity index is 299. The maximum absolute atomic E-state index is 9.79. The van der Waals surface area contributed by atoms with Gasteiger partial charge in [0.1, 0.15) is 5.75 Å². The van der Waals surface area contributed by atoms with Crippen LogP contribution in [0, 0.1) is 0 Å². The van der Waals surface area contributed by atoms with E-state index < -0.39 is 6.10 Å². The van der Waals surface area contributed by atoms with Crippen molar-refractivity contribution >= 4 is 0 Å². The van der Waals surface area contributed by atoms with E-state index in [9.17, 15) is 5.11 Å². The van der Waals surface area contributed by atoms with E-state index in [-0.39, 0.29) is 6.61 Å². The van der Waals surface area contributed by atoms with E-state index in [1.165, 1.54) is 0 Å². The van der Waals surface area contributed by atoms with Crippen LogP contribution in [0.15, 0.2) is 24.3 Å². The number of hydrogen-bond donors (Lipinski definition) is 2. The van der Waals surface area contributed by atoms with Crippen LogP contribution in [0.4, 0.5) is 0 Å². The van der Waals surface area contributed by atoms with Crippen LogP contribution in [0.5, 0.6) is 5.75 Å². The van der Waals surface area contributed by atoms with Gasteiger partial charge in [0, 0.05) is 12.2 Å². The summed E-state index contributed by atoms with van der Waals surface area (Å²) < 4.78 is 5.59. The van der Waals surface area contributed by atoms with Gasteiger partial charge in [0.2, 0.25) is 0 Å². The molecule has 0 saturated heterocycles. The monoisotopic (exact) mass is 224 g/mol. The van der Waals surface area contributed by atoms with Crippen molar-refractivity contribution in [2.45, 2.75) is 32.3 Å². The molecule has 0 saturated carbocycles. The van der Waals surface area contributed by atoms with Crippen molar-refractivity contribution in [2.75, 3.05) is 13.2 Å². The Morgan fingerprint density at radius 3 is 2.69 bits per heavy atom. The molecule has 0 radical (unpaired) electrons. The van der Waals surface area contributed by atoms with Crippen molar-refractivity contribution in [3.63, 3.8) is 0 Å². The molecule has 0 amide bonds. The first-order chi connectivity index (χ1) is 7.79. The molecule has 0 bridgehead atoms. The average Bonchev–Trinajstić information content (AvgIpc) is 2.34. The summed E-state index contributed by atoms with van der Waals surface area (Å²) in [6, 6.07) is 7.55. The van der Waals surface area contributed by atoms with Gasteiger partial charge in [-0.1, -0.05) is 25.1 Å². The van der Waals surface area contributed by atoms with E-state index >= 15 is 0 Å². The molecular formula is C13H20O3. The summed E-state index contributed by atoms with van der Waals surface area (Å²) in [5.41, 5.74) is 0.842. The third-order valence-electron chi connectivity index (χ3n) is 2.47. The lowest BCUT2D eigenvalue weighted by Crippen LogP contribution is -2.04. The molecule has 0 spiro atoms. The normalized spacial score (nSPS) is 12.4. The highest BCUT2D eigenvalue weighted by Gasteiger charge is 2.10. The third-order valence-corrected chi connectivity index (χ3v) is 2.47. The molecule has 1 atom stereocenters. The van der Waals surface area contributed by atoms with Crippen molar-refractivity contribution in [3.8, 4) is 5.75 Å². The summed E-state index contributed by atoms with van der Waals surface area (Å²) in [7, 11) is 0. The van der Waals surface area contributed by atoms with Gasteiger partial charge < -0.3 is 14.9 Å². The number of benzene rings is 1. The molecule has 0 heterocycles. The van der Waals surface area contributed by atoms with Gasteiger partial charge in [-0.2, -0.15) is 0 Å². The second-order valence-corrected chi connectivity index (χ2v) is 3.74. The van der Waals surface area contributed by atoms with Crippen molar-refractivity contribution < 1.29 is 14.9 Å². The van der Waals surface area contributed by atoms with E-state index in [0.717, 1.165) is 24.2 Å². The molecule has 90 valence electrons. The molecule has 0 fully saturated rings. The number of unbranched alkanes of at least 4 members (excludes halogenated alkanes) is 1. The van der Waals surface area contributed by atoms with Crippen LogP contribution in [0.2, 0.25) is 0 Å². The molecule has 2 N–H and O–H groups in total. The van der Waals surface area contributed by atoms with E-state index in [4.69, 9.17) is 9.84 Å². The van der Waals surface area contributed by atoms with Crippen LogP contribution in [0.1, 0.15) is 37.9 Å². The van der Waals surface area contributed by atoms with Crippen LogP contribution < -0.4 is 4.74 Å². The van der Waals surface area contributed by atoms with Gasteiger partial charge in [-0.25, -0.2) is 0 Å². The van der Waals surface area contributed by atoms with Crippen molar-refractivity contribution in [1.82, 2.24) is 0 Å². The third kappa shape index (κ3) is 3.83. The van der Waals surface area contributed by atoms with Gasteiger partial charge in [0.05, 0.1) is 12.7 Å². The smallest absolute Gasteiger partial charge is 0.125 e. The molecule has 0 aliphatic carbocycles. The van der Waals surface area contributed by atoms with Crippen LogP contribution in [-0.4, -0.2) is 23.4 Å². The number of rotatable bonds is 7. The molecule has 1 rings (SSSR count). The zero-order valence-corrected chi connectivity index (χ0v) is 9.72. The fourth-order valence-corrected chi connectivity index (χ4v) is 1.50. The maximum atomic E-state index is 9.79. The average molecular weight is 224 g/mol. The van der Waals surface area contributed by atoms with Gasteiger partial charge >= 0.3 is 0 Å². The fourth-order valence-electron chi connectivity index (χ4n) is 1.50. The minimum Gasteiger partial charge on any atom is -0.493 e. The zero-order valence-electron chi connectivity index (χ0n) is 9.72. The highest BCUT2D eigenvalue weighted by molar-refractivity contribution is 5.34. The van der Waals surface area contributed by atoms with Crippen molar-refractivity contribution in [1.29, 1.82) is 0 Å². The van der Waals surface area contributed by atoms with E-state index in [1.54, 1.807) is 0 Å². The molecule has 0 aliphatic heterocycles. The highest BCUT2D eigenvalue weighted by Crippen LogP contribution is 2.26. The van der Waals surface area contributed by atoms with Crippen molar-refractivity contribution in [3.05, 3.63) is 29.8 Å². The molecule has 0 aromatic heterocycles. The van der Waals surface area contributed by atoms with Crippen LogP contribution in [0.3, 0.4) is 0 Å². The van der Waals surface area contributed by atoms with Gasteiger partial charge in [-0.05, 0) is 25.3 Å². The molecule has 1 aromatic carbocycles. The van der Waals surface area contributed by atoms with E-state index in [1.807, 2.05) is 31.2 Å². The summed E-state index contributed by atoms with van der Waals surface area (Å²) >= 11 is 0. The van der Waals surface area contributed by atoms with Crippen LogP contribution >= 0.6 is 0 Å². The number of hydrogen-bond acceptors (Lipinski definition) is 3. The topological polar surface area (TPSA) is 49.7 Å². The molecular weight excluding hydrogens is 204 g/mol. The Hall–Kier alpha value is -1.06. The Kier molecular flexibility index (Phi) is 5.90. The molecule has 3 nitrogen and oxygen atoms in total. The molecule has 0 aliphatic rings. The minimum atomic E-state index is -0.464. The van der Waals surface area contributed by atoms with E-state index in [0.29, 0.717) is 13.0 Å². The molecule has 3 heteroatoms. The number of ether oxygens (including phenoxy) is 1. The summed E-state index contributed by atoms with van der Waals surface area (Å²) in [4.78, 5) is 0. The lowest BCUT2D eigenvalue weighted by Gasteiger charge is -2.14. The fraction of sp³-hybridized carbons (Fsp3) is 0.538. The second-order valence-electron chi connectivity index (χ2n) is 3.74. The first-order valence-electron chi connectivity index (χ1n) is 5.80. The number of aliphatic hydroxyl groups excluding tert-OH is 2. The summed E-state index contributed by atoms with van der Waals surface area (Å²) in [6.45, 7) is 2.71. The number of aliphatic hydroxyl groups is 2. The predicted molar refractivity (Wildman–Crippen MR) is 63.5 cm³/mol. The first-order valence-corrected chi connectivity index (χ1v) is 5.80. The minimum absolute atomic E-state index is 0.197. The first kappa shape index (κ1) is 13.0. The summed E-state index contributed by atoms with van der Waals surface area (Å²) in [5.74, 6) is 0.745. The Balaban J connectivity index is 2.57. The molecule has 1 aromatic rings. The van der Waals surface area contributed by atoms with Gasteiger partial charge in [0.15, 0.2) is 0 Å². The lowest BCUT2D eigenvalue weighted by molar-refractivity contribution is 0.166. The standard InChI is InChI=1S/C13H20O3/c1-2-12(15)11-7-3-4-8-13(11)16-10-6-5-9-14/h3-4,7-8,12,14-15H,2,5-6,9-10H2,1H3/t12-/m0/s1. The molecule has 0 unspecified atom stereocenters. The quantitative estimate of drug-likeness (QED) is 0.699. The van der Waals surface area contributed by atoms with Gasteiger partial charge in [-0.3, -0.25) is 0 Å². The lowest BCUT2D eigenvalue weighted by atomic mass is 10.1. The summed E-state index contributed by atoms with van der Waals surface area (Å²) in [5, 5.41) is 18.4. The largest absolute Gasteiger partial charge is 0.493 e. The molecule has 16 heavy (non-hydrogen) atoms. The number of para-hydroxylation sites is 1. The summed E-state index contributed by atoms with van der Waals surface area (Å²) in [6.07, 6.45) is 1.79. The zero-order chi connectivity index (χ0) is 11.8. The second kappa shape index (κ2) is 7.25. The van der Waals surface area contributed by atoms with E-state index in [2.05, 4.69) is 0 Å². The van der Waals surface area contributed by atoms with Crippen molar-refractivity contribution in [2.24, 2.45) is 0 Å². The Morgan fingerprint density at radius 2 is 2.00 bits per heavy atom. The van der Waals surface area contributed by atoms with Crippen LogP contribution in [0.25, 0.3) is 0 Å².